The first-order valence-electron chi connectivity index (χ1n) is 4.69. The minimum atomic E-state index is 0.307. The van der Waals surface area contributed by atoms with Crippen LogP contribution < -0.4 is 5.73 Å². The van der Waals surface area contributed by atoms with Crippen LogP contribution in [0.1, 0.15) is 11.3 Å². The van der Waals surface area contributed by atoms with Gasteiger partial charge in [-0.15, -0.1) is 0 Å². The molecule has 0 atom stereocenters. The number of nitrogens with zero attached hydrogens (tertiary/aromatic N) is 3. The molecule has 15 heavy (non-hydrogen) atoms. The summed E-state index contributed by atoms with van der Waals surface area (Å²) in [6.07, 6.45) is 3.55. The number of nitrogen functional groups attached to an aromatic ring is 1. The zero-order valence-electron chi connectivity index (χ0n) is 8.73. The summed E-state index contributed by atoms with van der Waals surface area (Å²) in [4.78, 5) is 12.3. The van der Waals surface area contributed by atoms with Gasteiger partial charge in [0.1, 0.15) is 0 Å². The molecule has 0 unspecified atom stereocenters. The van der Waals surface area contributed by atoms with Crippen molar-refractivity contribution >= 4 is 5.95 Å². The molecule has 76 valence electrons. The minimum absolute atomic E-state index is 0.307. The van der Waals surface area contributed by atoms with E-state index in [4.69, 9.17) is 5.73 Å². The van der Waals surface area contributed by atoms with Gasteiger partial charge in [0, 0.05) is 23.7 Å². The lowest BCUT2D eigenvalue weighted by Gasteiger charge is -2.05. The van der Waals surface area contributed by atoms with E-state index in [2.05, 4.69) is 15.0 Å². The van der Waals surface area contributed by atoms with Gasteiger partial charge in [-0.25, -0.2) is 9.97 Å². The summed E-state index contributed by atoms with van der Waals surface area (Å²) < 4.78 is 0. The first kappa shape index (κ1) is 9.58. The summed E-state index contributed by atoms with van der Waals surface area (Å²) in [5, 5.41) is 0. The normalized spacial score (nSPS) is 10.3. The number of anilines is 1. The van der Waals surface area contributed by atoms with Crippen molar-refractivity contribution in [2.24, 2.45) is 0 Å². The molecule has 2 aromatic rings. The van der Waals surface area contributed by atoms with E-state index in [0.717, 1.165) is 22.5 Å². The van der Waals surface area contributed by atoms with Crippen LogP contribution in [0, 0.1) is 13.8 Å². The summed E-state index contributed by atoms with van der Waals surface area (Å²) in [6, 6.07) is 3.84. The number of aromatic nitrogens is 3. The molecule has 2 N–H and O–H groups in total. The molecule has 2 heterocycles. The lowest BCUT2D eigenvalue weighted by molar-refractivity contribution is 1.12. The van der Waals surface area contributed by atoms with Gasteiger partial charge in [-0.3, -0.25) is 4.98 Å². The predicted octanol–water partition coefficient (Wildman–Crippen LogP) is 1.74. The number of hydrogen-bond acceptors (Lipinski definition) is 4. The first-order valence-corrected chi connectivity index (χ1v) is 4.69. The van der Waals surface area contributed by atoms with Crippen molar-refractivity contribution in [1.82, 2.24) is 15.0 Å². The molecule has 0 aliphatic heterocycles. The van der Waals surface area contributed by atoms with Crippen molar-refractivity contribution in [2.45, 2.75) is 13.8 Å². The molecule has 0 aromatic carbocycles. The van der Waals surface area contributed by atoms with Gasteiger partial charge >= 0.3 is 0 Å². The fourth-order valence-electron chi connectivity index (χ4n) is 1.49. The second-order valence-electron chi connectivity index (χ2n) is 3.44. The molecule has 2 aromatic heterocycles. The number of aryl methyl sites for hydroxylation is 2. The largest absolute Gasteiger partial charge is 0.368 e. The van der Waals surface area contributed by atoms with Crippen molar-refractivity contribution in [3.05, 3.63) is 35.8 Å². The zero-order chi connectivity index (χ0) is 10.8. The summed E-state index contributed by atoms with van der Waals surface area (Å²) in [7, 11) is 0. The Morgan fingerprint density at radius 2 is 2.00 bits per heavy atom. The van der Waals surface area contributed by atoms with Crippen LogP contribution >= 0.6 is 0 Å². The van der Waals surface area contributed by atoms with Crippen LogP contribution in [0.2, 0.25) is 0 Å². The maximum absolute atomic E-state index is 5.61. The van der Waals surface area contributed by atoms with Crippen LogP contribution in [0.5, 0.6) is 0 Å². The Morgan fingerprint density at radius 1 is 1.20 bits per heavy atom. The molecule has 0 aliphatic carbocycles. The molecule has 0 bridgehead atoms. The third-order valence-electron chi connectivity index (χ3n) is 2.17. The highest BCUT2D eigenvalue weighted by atomic mass is 15.0. The average molecular weight is 200 g/mol. The Morgan fingerprint density at radius 3 is 2.67 bits per heavy atom. The van der Waals surface area contributed by atoms with Gasteiger partial charge in [0.15, 0.2) is 0 Å². The van der Waals surface area contributed by atoms with Gasteiger partial charge in [0.05, 0.1) is 5.69 Å². The molecule has 0 saturated carbocycles. The molecule has 0 amide bonds. The molecular formula is C11H12N4. The van der Waals surface area contributed by atoms with Crippen molar-refractivity contribution in [3.8, 4) is 11.3 Å². The summed E-state index contributed by atoms with van der Waals surface area (Å²) in [5.41, 5.74) is 9.45. The van der Waals surface area contributed by atoms with Gasteiger partial charge in [0.2, 0.25) is 5.95 Å². The highest BCUT2D eigenvalue weighted by molar-refractivity contribution is 5.63. The SMILES string of the molecule is Cc1cc(-c2ccncc2C)nc(N)n1. The topological polar surface area (TPSA) is 64.7 Å². The monoisotopic (exact) mass is 200 g/mol. The van der Waals surface area contributed by atoms with Gasteiger partial charge in [-0.2, -0.15) is 0 Å². The van der Waals surface area contributed by atoms with Crippen LogP contribution in [0.4, 0.5) is 5.95 Å². The molecule has 0 radical (unpaired) electrons. The fourth-order valence-corrected chi connectivity index (χ4v) is 1.49. The van der Waals surface area contributed by atoms with E-state index in [0.29, 0.717) is 5.95 Å². The van der Waals surface area contributed by atoms with E-state index >= 15 is 0 Å². The van der Waals surface area contributed by atoms with Crippen LogP contribution in [0.3, 0.4) is 0 Å². The van der Waals surface area contributed by atoms with Crippen molar-refractivity contribution < 1.29 is 0 Å². The lowest BCUT2D eigenvalue weighted by Crippen LogP contribution is -1.99. The second-order valence-corrected chi connectivity index (χ2v) is 3.44. The number of hydrogen-bond donors (Lipinski definition) is 1. The molecule has 4 heteroatoms. The predicted molar refractivity (Wildman–Crippen MR) is 59.1 cm³/mol. The third-order valence-corrected chi connectivity index (χ3v) is 2.17. The summed E-state index contributed by atoms with van der Waals surface area (Å²) >= 11 is 0. The third kappa shape index (κ3) is 1.93. The summed E-state index contributed by atoms with van der Waals surface area (Å²) in [5.74, 6) is 0.307. The highest BCUT2D eigenvalue weighted by Crippen LogP contribution is 2.20. The van der Waals surface area contributed by atoms with Crippen molar-refractivity contribution in [3.63, 3.8) is 0 Å². The van der Waals surface area contributed by atoms with Crippen LogP contribution in [0.15, 0.2) is 24.5 Å². The molecular weight excluding hydrogens is 188 g/mol. The maximum Gasteiger partial charge on any atom is 0.220 e. The Kier molecular flexibility index (Phi) is 2.33. The molecule has 4 nitrogen and oxygen atoms in total. The zero-order valence-corrected chi connectivity index (χ0v) is 8.73. The number of nitrogens with two attached hydrogens (primary N) is 1. The van der Waals surface area contributed by atoms with Gasteiger partial charge in [-0.1, -0.05) is 0 Å². The van der Waals surface area contributed by atoms with E-state index in [-0.39, 0.29) is 0 Å². The Labute approximate surface area is 88.2 Å². The van der Waals surface area contributed by atoms with E-state index in [1.165, 1.54) is 0 Å². The van der Waals surface area contributed by atoms with Crippen molar-refractivity contribution in [1.29, 1.82) is 0 Å². The smallest absolute Gasteiger partial charge is 0.220 e. The average Bonchev–Trinajstić information content (AvgIpc) is 2.16. The Balaban J connectivity index is 2.59. The van der Waals surface area contributed by atoms with Gasteiger partial charge in [0.25, 0.3) is 0 Å². The van der Waals surface area contributed by atoms with E-state index < -0.39 is 0 Å². The van der Waals surface area contributed by atoms with Crippen LogP contribution in [0.25, 0.3) is 11.3 Å². The van der Waals surface area contributed by atoms with Crippen LogP contribution in [-0.2, 0) is 0 Å². The van der Waals surface area contributed by atoms with Gasteiger partial charge in [-0.05, 0) is 31.5 Å². The van der Waals surface area contributed by atoms with E-state index in [1.54, 1.807) is 6.20 Å². The second kappa shape index (κ2) is 3.65. The number of pyridine rings is 1. The maximum atomic E-state index is 5.61. The number of rotatable bonds is 1. The summed E-state index contributed by atoms with van der Waals surface area (Å²) in [6.45, 7) is 3.90. The molecule has 0 saturated heterocycles. The van der Waals surface area contributed by atoms with E-state index in [9.17, 15) is 0 Å². The molecule has 0 spiro atoms. The minimum Gasteiger partial charge on any atom is -0.368 e. The Hall–Kier alpha value is -1.97. The van der Waals surface area contributed by atoms with Crippen LogP contribution in [-0.4, -0.2) is 15.0 Å². The van der Waals surface area contributed by atoms with Crippen molar-refractivity contribution in [2.75, 3.05) is 5.73 Å². The molecule has 2 rings (SSSR count). The fraction of sp³-hybridized carbons (Fsp3) is 0.182. The standard InChI is InChI=1S/C11H12N4/c1-7-6-13-4-3-9(7)10-5-8(2)14-11(12)15-10/h3-6H,1-2H3,(H2,12,14,15). The quantitative estimate of drug-likeness (QED) is 0.761. The molecule has 0 fully saturated rings. The molecule has 0 aliphatic rings. The van der Waals surface area contributed by atoms with Gasteiger partial charge < -0.3 is 5.73 Å². The lowest BCUT2D eigenvalue weighted by atomic mass is 10.1. The highest BCUT2D eigenvalue weighted by Gasteiger charge is 2.04. The Bertz CT molecular complexity index is 473. The first-order chi connectivity index (χ1) is 7.16. The van der Waals surface area contributed by atoms with E-state index in [1.807, 2.05) is 32.2 Å².